The van der Waals surface area contributed by atoms with Crippen LogP contribution in [0.5, 0.6) is 0 Å². The highest BCUT2D eigenvalue weighted by Crippen LogP contribution is 2.41. The average molecular weight is 515 g/mol. The molecule has 37 heavy (non-hydrogen) atoms. The van der Waals surface area contributed by atoms with E-state index in [4.69, 9.17) is 9.84 Å². The van der Waals surface area contributed by atoms with Crippen molar-refractivity contribution in [3.63, 3.8) is 0 Å². The molecule has 2 aromatic heterocycles. The summed E-state index contributed by atoms with van der Waals surface area (Å²) in [4.78, 5) is 32.2. The van der Waals surface area contributed by atoms with E-state index in [1.54, 1.807) is 26.1 Å². The van der Waals surface area contributed by atoms with Gasteiger partial charge in [0.15, 0.2) is 5.78 Å². The second kappa shape index (κ2) is 10.0. The second-order valence-electron chi connectivity index (χ2n) is 9.45. The van der Waals surface area contributed by atoms with Crippen LogP contribution in [-0.2, 0) is 11.2 Å². The highest BCUT2D eigenvalue weighted by atomic mass is 19.1. The molecule has 0 radical (unpaired) electrons. The molecule has 10 heteroatoms. The maximum absolute atomic E-state index is 14.6. The first-order valence-corrected chi connectivity index (χ1v) is 11.6. The minimum atomic E-state index is -1.55. The van der Waals surface area contributed by atoms with Gasteiger partial charge in [0.05, 0.1) is 28.9 Å². The number of ether oxygens (including phenoxy) is 1. The Labute approximate surface area is 211 Å². The lowest BCUT2D eigenvalue weighted by molar-refractivity contribution is -0.189. The van der Waals surface area contributed by atoms with Crippen LogP contribution in [0.1, 0.15) is 65.3 Å². The topological polar surface area (TPSA) is 110 Å². The highest BCUT2D eigenvalue weighted by molar-refractivity contribution is 5.96. The van der Waals surface area contributed by atoms with Crippen molar-refractivity contribution in [2.75, 3.05) is 0 Å². The van der Waals surface area contributed by atoms with E-state index in [1.807, 2.05) is 6.92 Å². The predicted octanol–water partition coefficient (Wildman–Crippen LogP) is 4.92. The van der Waals surface area contributed by atoms with Crippen molar-refractivity contribution in [2.45, 2.75) is 51.4 Å². The van der Waals surface area contributed by atoms with Crippen molar-refractivity contribution >= 4 is 11.8 Å². The molecule has 3 aromatic rings. The molecule has 1 aliphatic rings. The fourth-order valence-electron chi connectivity index (χ4n) is 4.46. The number of hydrogen-bond donors (Lipinski definition) is 2. The van der Waals surface area contributed by atoms with Crippen LogP contribution in [0.4, 0.5) is 13.2 Å². The number of carbonyl (C=O) groups excluding carboxylic acids is 1. The molecule has 4 rings (SSSR count). The van der Waals surface area contributed by atoms with Crippen molar-refractivity contribution < 1.29 is 37.7 Å². The van der Waals surface area contributed by atoms with Crippen molar-refractivity contribution in [3.8, 4) is 11.3 Å². The molecule has 194 valence electrons. The van der Waals surface area contributed by atoms with Crippen LogP contribution in [0.25, 0.3) is 11.3 Å². The van der Waals surface area contributed by atoms with Crippen LogP contribution < -0.4 is 0 Å². The van der Waals surface area contributed by atoms with Crippen LogP contribution in [0.2, 0.25) is 0 Å². The maximum atomic E-state index is 14.6. The molecule has 0 unspecified atom stereocenters. The van der Waals surface area contributed by atoms with E-state index in [-0.39, 0.29) is 18.0 Å². The van der Waals surface area contributed by atoms with E-state index < -0.39 is 63.8 Å². The minimum Gasteiger partial charge on any atom is -0.478 e. The molecular formula is C27H25F3N2O5. The van der Waals surface area contributed by atoms with Gasteiger partial charge in [0.2, 0.25) is 0 Å². The Bertz CT molecular complexity index is 1340. The van der Waals surface area contributed by atoms with Gasteiger partial charge in [0.25, 0.3) is 0 Å². The van der Waals surface area contributed by atoms with Gasteiger partial charge >= 0.3 is 5.97 Å². The van der Waals surface area contributed by atoms with Gasteiger partial charge in [0, 0.05) is 18.8 Å². The quantitative estimate of drug-likeness (QED) is 0.449. The van der Waals surface area contributed by atoms with E-state index in [0.29, 0.717) is 29.7 Å². The van der Waals surface area contributed by atoms with Gasteiger partial charge in [-0.15, -0.1) is 0 Å². The zero-order valence-corrected chi connectivity index (χ0v) is 20.3. The monoisotopic (exact) mass is 514 g/mol. The number of pyridine rings is 2. The van der Waals surface area contributed by atoms with Gasteiger partial charge < -0.3 is 14.9 Å². The number of halogens is 3. The van der Waals surface area contributed by atoms with E-state index in [1.165, 1.54) is 6.20 Å². The molecule has 0 aliphatic carbocycles. The number of benzene rings is 1. The number of rotatable bonds is 6. The van der Waals surface area contributed by atoms with Crippen LogP contribution >= 0.6 is 0 Å². The average Bonchev–Trinajstić information content (AvgIpc) is 2.83. The summed E-state index contributed by atoms with van der Waals surface area (Å²) in [6.07, 6.45) is 2.53. The van der Waals surface area contributed by atoms with Crippen LogP contribution in [0.3, 0.4) is 0 Å². The second-order valence-corrected chi connectivity index (χ2v) is 9.45. The van der Waals surface area contributed by atoms with Gasteiger partial charge in [-0.05, 0) is 67.6 Å². The summed E-state index contributed by atoms with van der Waals surface area (Å²) in [5.74, 6) is -5.92. The Morgan fingerprint density at radius 2 is 1.78 bits per heavy atom. The molecule has 4 atom stereocenters. The number of aromatic carboxylic acids is 1. The van der Waals surface area contributed by atoms with E-state index >= 15 is 0 Å². The molecule has 2 N–H and O–H groups in total. The van der Waals surface area contributed by atoms with Gasteiger partial charge in [-0.2, -0.15) is 0 Å². The maximum Gasteiger partial charge on any atom is 0.335 e. The number of Topliss-reactive ketones (excluding diaryl/α,β-unsaturated/α-hetero) is 1. The summed E-state index contributed by atoms with van der Waals surface area (Å²) < 4.78 is 49.7. The first-order chi connectivity index (χ1) is 17.4. The lowest BCUT2D eigenvalue weighted by Crippen LogP contribution is -2.49. The molecular weight excluding hydrogens is 489 g/mol. The highest BCUT2D eigenvalue weighted by Gasteiger charge is 2.43. The standard InChI is InChI=1S/C27H25F3N2O5/c1-13-8-23(37-14(2)27(13,3)36)17-6-7-31-12-16(17)11-22(33)21-5-4-18(28)25(32-21)24-19(29)9-15(26(34)35)10-20(24)30/h4-7,9-10,12-14,23,36H,8,11H2,1-3H3,(H,34,35)/t13-,14-,23-,27+/m1/s1. The van der Waals surface area contributed by atoms with Gasteiger partial charge in [-0.25, -0.2) is 22.9 Å². The first kappa shape index (κ1) is 26.4. The Balaban J connectivity index is 1.64. The largest absolute Gasteiger partial charge is 0.478 e. The normalized spacial score (nSPS) is 23.6. The Kier molecular flexibility index (Phi) is 7.16. The predicted molar refractivity (Wildman–Crippen MR) is 126 cm³/mol. The van der Waals surface area contributed by atoms with Crippen molar-refractivity contribution in [3.05, 3.63) is 82.6 Å². The third kappa shape index (κ3) is 5.12. The van der Waals surface area contributed by atoms with Crippen LogP contribution in [0.15, 0.2) is 42.7 Å². The molecule has 1 aromatic carbocycles. The number of carbonyl (C=O) groups is 2. The van der Waals surface area contributed by atoms with Crippen molar-refractivity contribution in [1.29, 1.82) is 0 Å². The molecule has 0 bridgehead atoms. The molecule has 0 spiro atoms. The molecule has 0 amide bonds. The molecule has 1 fully saturated rings. The SMILES string of the molecule is C[C@@H]1C[C@H](c2ccncc2CC(=O)c2ccc(F)c(-c3c(F)cc(C(=O)O)cc3F)n2)O[C@H](C)[C@@]1(C)O. The summed E-state index contributed by atoms with van der Waals surface area (Å²) >= 11 is 0. The van der Waals surface area contributed by atoms with Crippen LogP contribution in [-0.4, -0.2) is 43.6 Å². The number of carboxylic acid groups (broad SMARTS) is 1. The van der Waals surface area contributed by atoms with Crippen molar-refractivity contribution in [2.24, 2.45) is 5.92 Å². The Morgan fingerprint density at radius 1 is 1.11 bits per heavy atom. The summed E-state index contributed by atoms with van der Waals surface area (Å²) in [5, 5.41) is 19.6. The zero-order valence-electron chi connectivity index (χ0n) is 20.3. The van der Waals surface area contributed by atoms with Gasteiger partial charge in [-0.1, -0.05) is 6.92 Å². The fourth-order valence-corrected chi connectivity index (χ4v) is 4.46. The first-order valence-electron chi connectivity index (χ1n) is 11.6. The Morgan fingerprint density at radius 3 is 2.41 bits per heavy atom. The summed E-state index contributed by atoms with van der Waals surface area (Å²) in [5.41, 5.74) is -2.27. The third-order valence-electron chi connectivity index (χ3n) is 7.05. The molecule has 0 saturated carbocycles. The van der Waals surface area contributed by atoms with Gasteiger partial charge in [0.1, 0.15) is 28.8 Å². The van der Waals surface area contributed by atoms with Crippen LogP contribution in [0, 0.1) is 23.4 Å². The van der Waals surface area contributed by atoms with E-state index in [0.717, 1.165) is 12.1 Å². The summed E-state index contributed by atoms with van der Waals surface area (Å²) in [6, 6.07) is 4.82. The number of aliphatic hydroxyl groups is 1. The minimum absolute atomic E-state index is 0.0865. The molecule has 1 saturated heterocycles. The number of aromatic nitrogens is 2. The lowest BCUT2D eigenvalue weighted by Gasteiger charge is -2.44. The Hall–Kier alpha value is -3.63. The third-order valence-corrected chi connectivity index (χ3v) is 7.05. The molecule has 7 nitrogen and oxygen atoms in total. The summed E-state index contributed by atoms with van der Waals surface area (Å²) in [6.45, 7) is 5.41. The number of ketones is 1. The van der Waals surface area contributed by atoms with E-state index in [9.17, 15) is 27.9 Å². The fraction of sp³-hybridized carbons (Fsp3) is 0.333. The smallest absolute Gasteiger partial charge is 0.335 e. The van der Waals surface area contributed by atoms with E-state index in [2.05, 4.69) is 9.97 Å². The van der Waals surface area contributed by atoms with Crippen molar-refractivity contribution in [1.82, 2.24) is 9.97 Å². The number of nitrogens with zero attached hydrogens (tertiary/aromatic N) is 2. The lowest BCUT2D eigenvalue weighted by atomic mass is 9.78. The number of carboxylic acids is 1. The molecule has 1 aliphatic heterocycles. The number of hydrogen-bond acceptors (Lipinski definition) is 6. The summed E-state index contributed by atoms with van der Waals surface area (Å²) in [7, 11) is 0. The van der Waals surface area contributed by atoms with Gasteiger partial charge in [-0.3, -0.25) is 9.78 Å². The molecule has 3 heterocycles. The zero-order chi connectivity index (χ0) is 27.1.